The minimum absolute atomic E-state index is 0.176. The van der Waals surface area contributed by atoms with Crippen LogP contribution in [0.3, 0.4) is 0 Å². The highest BCUT2D eigenvalue weighted by Gasteiger charge is 2.28. The van der Waals surface area contributed by atoms with E-state index < -0.39 is 29.9 Å². The molecule has 2 aromatic carbocycles. The zero-order valence-corrected chi connectivity index (χ0v) is 15.6. The van der Waals surface area contributed by atoms with Gasteiger partial charge < -0.3 is 19.7 Å². The Morgan fingerprint density at radius 3 is 2.54 bits per heavy atom. The lowest BCUT2D eigenvalue weighted by Gasteiger charge is -2.26. The van der Waals surface area contributed by atoms with E-state index in [4.69, 9.17) is 9.47 Å². The van der Waals surface area contributed by atoms with Crippen molar-refractivity contribution < 1.29 is 28.9 Å². The molecule has 3 N–H and O–H groups in total. The van der Waals surface area contributed by atoms with Crippen molar-refractivity contribution in [3.63, 3.8) is 0 Å². The molecule has 6 nitrogen and oxygen atoms in total. The van der Waals surface area contributed by atoms with Gasteiger partial charge in [0, 0.05) is 30.3 Å². The summed E-state index contributed by atoms with van der Waals surface area (Å²) in [5.41, 5.74) is 0.816. The van der Waals surface area contributed by atoms with E-state index in [1.807, 2.05) is 0 Å². The molecule has 0 aliphatic carbocycles. The number of halogens is 2. The number of hydrogen-bond acceptors (Lipinski definition) is 5. The monoisotopic (exact) mass is 427 g/mol. The van der Waals surface area contributed by atoms with Crippen LogP contribution in [-0.4, -0.2) is 36.1 Å². The highest BCUT2D eigenvalue weighted by Crippen LogP contribution is 2.29. The van der Waals surface area contributed by atoms with Gasteiger partial charge in [0.25, 0.3) is 0 Å². The molecule has 1 amide bonds. The number of aliphatic hydroxyl groups excluding tert-OH is 1. The fourth-order valence-electron chi connectivity index (χ4n) is 2.37. The predicted octanol–water partition coefficient (Wildman–Crippen LogP) is 3.98. The number of phenolic OH excluding ortho intramolecular Hbond substituents is 1. The maximum absolute atomic E-state index is 13.7. The van der Waals surface area contributed by atoms with Gasteiger partial charge in [-0.05, 0) is 42.0 Å². The van der Waals surface area contributed by atoms with E-state index in [0.29, 0.717) is 11.3 Å². The molecule has 0 saturated heterocycles. The number of anilines is 1. The van der Waals surface area contributed by atoms with Gasteiger partial charge in [0.2, 0.25) is 0 Å². The molecule has 2 aromatic rings. The maximum atomic E-state index is 13.7. The minimum atomic E-state index is -0.974. The Morgan fingerprint density at radius 1 is 1.27 bits per heavy atom. The zero-order chi connectivity index (χ0) is 19.1. The SMILES string of the molecule is CO[C@H](CCO)[C@H](OC(=O)Nc1ccc(Br)cc1)c1ccc(O)c(F)c1. The fraction of sp³-hybridized carbons (Fsp3) is 0.278. The van der Waals surface area contributed by atoms with E-state index in [9.17, 15) is 19.4 Å². The number of benzene rings is 2. The topological polar surface area (TPSA) is 88.0 Å². The zero-order valence-electron chi connectivity index (χ0n) is 14.0. The number of aromatic hydroxyl groups is 1. The molecule has 0 unspecified atom stereocenters. The molecule has 0 spiro atoms. The van der Waals surface area contributed by atoms with Crippen LogP contribution >= 0.6 is 15.9 Å². The van der Waals surface area contributed by atoms with Crippen LogP contribution in [0.2, 0.25) is 0 Å². The third-order valence-corrected chi connectivity index (χ3v) is 4.21. The molecule has 26 heavy (non-hydrogen) atoms. The van der Waals surface area contributed by atoms with Crippen molar-refractivity contribution in [1.82, 2.24) is 0 Å². The summed E-state index contributed by atoms with van der Waals surface area (Å²) in [6, 6.07) is 10.5. The average molecular weight is 428 g/mol. The first-order valence-corrected chi connectivity index (χ1v) is 8.59. The Balaban J connectivity index is 2.20. The Morgan fingerprint density at radius 2 is 1.96 bits per heavy atom. The van der Waals surface area contributed by atoms with Crippen LogP contribution in [0.4, 0.5) is 14.9 Å². The summed E-state index contributed by atoms with van der Waals surface area (Å²) in [7, 11) is 1.40. The predicted molar refractivity (Wildman–Crippen MR) is 97.6 cm³/mol. The van der Waals surface area contributed by atoms with Gasteiger partial charge in [-0.2, -0.15) is 0 Å². The molecule has 8 heteroatoms. The normalized spacial score (nSPS) is 13.1. The van der Waals surface area contributed by atoms with Crippen molar-refractivity contribution in [2.45, 2.75) is 18.6 Å². The molecular weight excluding hydrogens is 409 g/mol. The smallest absolute Gasteiger partial charge is 0.412 e. The van der Waals surface area contributed by atoms with E-state index in [2.05, 4.69) is 21.2 Å². The third-order valence-electron chi connectivity index (χ3n) is 3.68. The second-order valence-electron chi connectivity index (χ2n) is 5.46. The first-order chi connectivity index (χ1) is 12.4. The molecule has 0 aromatic heterocycles. The number of hydrogen-bond donors (Lipinski definition) is 3. The molecule has 0 fully saturated rings. The summed E-state index contributed by atoms with van der Waals surface area (Å²) >= 11 is 3.30. The van der Waals surface area contributed by atoms with Crippen molar-refractivity contribution in [2.24, 2.45) is 0 Å². The summed E-state index contributed by atoms with van der Waals surface area (Å²) in [4.78, 5) is 12.3. The molecule has 0 aliphatic rings. The van der Waals surface area contributed by atoms with Gasteiger partial charge in [0.05, 0.1) is 0 Å². The van der Waals surface area contributed by atoms with Gasteiger partial charge in [0.15, 0.2) is 17.7 Å². The van der Waals surface area contributed by atoms with Crippen molar-refractivity contribution >= 4 is 27.7 Å². The molecular formula is C18H19BrFNO5. The quantitative estimate of drug-likeness (QED) is 0.621. The minimum Gasteiger partial charge on any atom is -0.505 e. The highest BCUT2D eigenvalue weighted by molar-refractivity contribution is 9.10. The van der Waals surface area contributed by atoms with Crippen LogP contribution in [0.5, 0.6) is 5.75 Å². The van der Waals surface area contributed by atoms with Gasteiger partial charge in [-0.3, -0.25) is 5.32 Å². The maximum Gasteiger partial charge on any atom is 0.412 e. The molecule has 0 radical (unpaired) electrons. The summed E-state index contributed by atoms with van der Waals surface area (Å²) < 4.78 is 25.3. The molecule has 140 valence electrons. The van der Waals surface area contributed by atoms with Gasteiger partial charge in [-0.1, -0.05) is 22.0 Å². The standard InChI is InChI=1S/C18H19BrFNO5/c1-25-16(8-9-22)17(11-2-7-15(23)14(20)10-11)26-18(24)21-13-5-3-12(19)4-6-13/h2-7,10,16-17,22-23H,8-9H2,1H3,(H,21,24)/t16-,17-/m1/s1. The Bertz CT molecular complexity index is 741. The lowest BCUT2D eigenvalue weighted by Crippen LogP contribution is -2.29. The summed E-state index contributed by atoms with van der Waals surface area (Å²) in [6.07, 6.45) is -2.25. The van der Waals surface area contributed by atoms with Crippen LogP contribution in [0.1, 0.15) is 18.1 Å². The van der Waals surface area contributed by atoms with E-state index in [-0.39, 0.29) is 13.0 Å². The number of carbonyl (C=O) groups is 1. The summed E-state index contributed by atoms with van der Waals surface area (Å²) in [5, 5.41) is 21.1. The van der Waals surface area contributed by atoms with Gasteiger partial charge in [0.1, 0.15) is 6.10 Å². The molecule has 0 bridgehead atoms. The van der Waals surface area contributed by atoms with Crippen LogP contribution in [0.25, 0.3) is 0 Å². The largest absolute Gasteiger partial charge is 0.505 e. The highest BCUT2D eigenvalue weighted by atomic mass is 79.9. The second kappa shape index (κ2) is 9.51. The van der Waals surface area contributed by atoms with Crippen LogP contribution < -0.4 is 5.32 Å². The second-order valence-corrected chi connectivity index (χ2v) is 6.37. The lowest BCUT2D eigenvalue weighted by molar-refractivity contribution is -0.0307. The Hall–Kier alpha value is -2.16. The number of aliphatic hydroxyl groups is 1. The van der Waals surface area contributed by atoms with Crippen LogP contribution in [0.15, 0.2) is 46.9 Å². The molecule has 0 aliphatic heterocycles. The first kappa shape index (κ1) is 20.2. The number of methoxy groups -OCH3 is 1. The van der Waals surface area contributed by atoms with Crippen molar-refractivity contribution in [3.05, 3.63) is 58.3 Å². The van der Waals surface area contributed by atoms with Crippen molar-refractivity contribution in [2.75, 3.05) is 19.0 Å². The van der Waals surface area contributed by atoms with E-state index in [1.165, 1.54) is 19.2 Å². The van der Waals surface area contributed by atoms with Crippen molar-refractivity contribution in [3.8, 4) is 5.75 Å². The first-order valence-electron chi connectivity index (χ1n) is 7.80. The van der Waals surface area contributed by atoms with Gasteiger partial charge >= 0.3 is 6.09 Å². The molecule has 2 rings (SSSR count). The number of carbonyl (C=O) groups excluding carboxylic acids is 1. The van der Waals surface area contributed by atoms with E-state index >= 15 is 0 Å². The van der Waals surface area contributed by atoms with Crippen molar-refractivity contribution in [1.29, 1.82) is 0 Å². The number of ether oxygens (including phenoxy) is 2. The third kappa shape index (κ3) is 5.42. The number of rotatable bonds is 7. The van der Waals surface area contributed by atoms with Crippen LogP contribution in [-0.2, 0) is 9.47 Å². The van der Waals surface area contributed by atoms with Crippen LogP contribution in [0, 0.1) is 5.82 Å². The van der Waals surface area contributed by atoms with E-state index in [0.717, 1.165) is 10.5 Å². The molecule has 0 saturated carbocycles. The molecule has 0 heterocycles. The fourth-order valence-corrected chi connectivity index (χ4v) is 2.64. The van der Waals surface area contributed by atoms with Gasteiger partial charge in [-0.15, -0.1) is 0 Å². The summed E-state index contributed by atoms with van der Waals surface area (Å²) in [6.45, 7) is -0.201. The van der Waals surface area contributed by atoms with Gasteiger partial charge in [-0.25, -0.2) is 9.18 Å². The Labute approximate surface area is 158 Å². The summed E-state index contributed by atoms with van der Waals surface area (Å²) in [5.74, 6) is -1.36. The number of nitrogens with one attached hydrogen (secondary N) is 1. The number of amides is 1. The number of phenols is 1. The lowest BCUT2D eigenvalue weighted by atomic mass is 10.0. The van der Waals surface area contributed by atoms with E-state index in [1.54, 1.807) is 24.3 Å². The average Bonchev–Trinajstić information content (AvgIpc) is 2.62. The Kier molecular flexibility index (Phi) is 7.38. The molecule has 2 atom stereocenters.